The number of aromatic nitrogens is 3. The normalized spacial score (nSPS) is 15.2. The van der Waals surface area contributed by atoms with Crippen LogP contribution in [0.4, 0.5) is 10.7 Å². The van der Waals surface area contributed by atoms with Crippen LogP contribution in [0.25, 0.3) is 10.9 Å². The second kappa shape index (κ2) is 10.5. The number of halogens is 1. The first-order valence-electron chi connectivity index (χ1n) is 12.2. The van der Waals surface area contributed by atoms with E-state index in [0.29, 0.717) is 37.3 Å². The molecule has 0 aliphatic carbocycles. The first kappa shape index (κ1) is 24.1. The Balaban J connectivity index is 1.38. The Morgan fingerprint density at radius 1 is 1.25 bits per heavy atom. The lowest BCUT2D eigenvalue weighted by Gasteiger charge is -2.35. The first-order chi connectivity index (χ1) is 17.5. The van der Waals surface area contributed by atoms with E-state index in [1.807, 2.05) is 61.2 Å². The number of ether oxygens (including phenoxy) is 2. The number of hydrogen-bond donors (Lipinski definition) is 3. The van der Waals surface area contributed by atoms with Crippen molar-refractivity contribution < 1.29 is 14.3 Å². The third-order valence-corrected chi connectivity index (χ3v) is 6.46. The zero-order valence-corrected chi connectivity index (χ0v) is 21.1. The zero-order chi connectivity index (χ0) is 25.1. The van der Waals surface area contributed by atoms with Crippen molar-refractivity contribution in [1.29, 1.82) is 0 Å². The monoisotopic (exact) mass is 507 g/mol. The number of imidazole rings is 1. The second-order valence-corrected chi connectivity index (χ2v) is 9.74. The van der Waals surface area contributed by atoms with Crippen LogP contribution in [0.5, 0.6) is 5.75 Å². The van der Waals surface area contributed by atoms with E-state index >= 15 is 0 Å². The number of rotatable bonds is 8. The summed E-state index contributed by atoms with van der Waals surface area (Å²) in [6, 6.07) is 13.5. The van der Waals surface area contributed by atoms with E-state index in [0.717, 1.165) is 34.3 Å². The van der Waals surface area contributed by atoms with Gasteiger partial charge in [0.2, 0.25) is 0 Å². The van der Waals surface area contributed by atoms with Crippen LogP contribution in [0.15, 0.2) is 54.9 Å². The van der Waals surface area contributed by atoms with Crippen LogP contribution in [0, 0.1) is 5.92 Å². The smallest absolute Gasteiger partial charge is 0.410 e. The highest BCUT2D eigenvalue weighted by atomic mass is 35.5. The maximum absolute atomic E-state index is 13.1. The number of carbonyl (C=O) groups excluding carboxylic acids is 1. The Labute approximate surface area is 215 Å². The lowest BCUT2D eigenvalue weighted by Crippen LogP contribution is -2.41. The molecule has 1 aliphatic heterocycles. The van der Waals surface area contributed by atoms with Gasteiger partial charge < -0.3 is 24.8 Å². The van der Waals surface area contributed by atoms with Gasteiger partial charge in [0.15, 0.2) is 5.95 Å². The molecule has 3 N–H and O–H groups in total. The Morgan fingerprint density at radius 2 is 2.08 bits per heavy atom. The molecule has 0 bridgehead atoms. The summed E-state index contributed by atoms with van der Waals surface area (Å²) < 4.78 is 11.5. The number of amides is 1. The van der Waals surface area contributed by atoms with Crippen molar-refractivity contribution in [2.45, 2.75) is 26.3 Å². The van der Waals surface area contributed by atoms with E-state index in [1.54, 1.807) is 12.4 Å². The number of carbonyl (C=O) groups is 1. The average molecular weight is 508 g/mol. The molecule has 1 atom stereocenters. The first-order valence-corrected chi connectivity index (χ1v) is 12.6. The predicted molar refractivity (Wildman–Crippen MR) is 141 cm³/mol. The molecule has 0 fully saturated rings. The minimum absolute atomic E-state index is 0.265. The molecule has 4 aromatic rings. The molecule has 0 spiro atoms. The Bertz CT molecular complexity index is 1320. The maximum Gasteiger partial charge on any atom is 0.410 e. The molecule has 9 heteroatoms. The van der Waals surface area contributed by atoms with Gasteiger partial charge >= 0.3 is 6.09 Å². The fraction of sp³-hybridized carbons (Fsp3) is 0.333. The van der Waals surface area contributed by atoms with E-state index in [-0.39, 0.29) is 18.1 Å². The number of nitrogens with zero attached hydrogens (tertiary/aromatic N) is 2. The molecule has 0 saturated heterocycles. The molecule has 5 rings (SSSR count). The van der Waals surface area contributed by atoms with Crippen LogP contribution in [0.3, 0.4) is 0 Å². The molecule has 188 valence electrons. The van der Waals surface area contributed by atoms with Crippen molar-refractivity contribution in [3.63, 3.8) is 0 Å². The van der Waals surface area contributed by atoms with Gasteiger partial charge in [0.1, 0.15) is 18.4 Å². The van der Waals surface area contributed by atoms with Crippen LogP contribution in [0.1, 0.15) is 36.7 Å². The maximum atomic E-state index is 13.1. The number of aromatic amines is 2. The molecular weight excluding hydrogens is 478 g/mol. The predicted octanol–water partition coefficient (Wildman–Crippen LogP) is 5.78. The molecule has 0 radical (unpaired) electrons. The summed E-state index contributed by atoms with van der Waals surface area (Å²) in [6.07, 6.45) is 3.89. The van der Waals surface area contributed by atoms with Gasteiger partial charge in [-0.05, 0) is 53.8 Å². The van der Waals surface area contributed by atoms with E-state index < -0.39 is 0 Å². The van der Waals surface area contributed by atoms with E-state index in [9.17, 15) is 4.79 Å². The third kappa shape index (κ3) is 5.14. The number of fused-ring (bicyclic) bond motifs is 3. The highest BCUT2D eigenvalue weighted by molar-refractivity contribution is 6.31. The van der Waals surface area contributed by atoms with Crippen LogP contribution in [0.2, 0.25) is 5.02 Å². The standard InChI is InChI=1S/C27H30ClN5O3/c1-17(2)16-36-27(34)33-13-9-21-22-15-19(28)5-8-23(22)32-24(21)25(33)18-3-6-20(7-4-18)35-14-12-31-26-29-10-11-30-26/h3-8,10-11,15,17,25,32H,9,12-14,16H2,1-2H3,(H2,29,30,31). The number of nitrogens with one attached hydrogen (secondary N) is 3. The minimum Gasteiger partial charge on any atom is -0.492 e. The third-order valence-electron chi connectivity index (χ3n) is 6.22. The van der Waals surface area contributed by atoms with E-state index in [2.05, 4.69) is 20.3 Å². The Hall–Kier alpha value is -3.65. The Morgan fingerprint density at radius 3 is 2.83 bits per heavy atom. The summed E-state index contributed by atoms with van der Waals surface area (Å²) in [7, 11) is 0. The van der Waals surface area contributed by atoms with Gasteiger partial charge in [-0.15, -0.1) is 0 Å². The molecule has 2 aromatic heterocycles. The largest absolute Gasteiger partial charge is 0.492 e. The molecule has 8 nitrogen and oxygen atoms in total. The number of anilines is 1. The van der Waals surface area contributed by atoms with Crippen molar-refractivity contribution in [2.75, 3.05) is 31.6 Å². The number of H-pyrrole nitrogens is 2. The number of benzene rings is 2. The summed E-state index contributed by atoms with van der Waals surface area (Å²) in [5, 5.41) is 4.96. The minimum atomic E-state index is -0.305. The molecule has 36 heavy (non-hydrogen) atoms. The Kier molecular flexibility index (Phi) is 7.04. The molecule has 1 aliphatic rings. The number of hydrogen-bond acceptors (Lipinski definition) is 5. The van der Waals surface area contributed by atoms with Crippen LogP contribution >= 0.6 is 11.6 Å². The summed E-state index contributed by atoms with van der Waals surface area (Å²) in [5.74, 6) is 1.74. The van der Waals surface area contributed by atoms with Gasteiger partial charge in [-0.1, -0.05) is 37.6 Å². The van der Waals surface area contributed by atoms with E-state index in [4.69, 9.17) is 21.1 Å². The van der Waals surface area contributed by atoms with Crippen molar-refractivity contribution >= 4 is 34.5 Å². The highest BCUT2D eigenvalue weighted by Crippen LogP contribution is 2.39. The molecule has 2 aromatic carbocycles. The summed E-state index contributed by atoms with van der Waals surface area (Å²) >= 11 is 6.30. The molecule has 1 amide bonds. The van der Waals surface area contributed by atoms with Crippen molar-refractivity contribution in [2.24, 2.45) is 5.92 Å². The van der Waals surface area contributed by atoms with Gasteiger partial charge in [0, 0.05) is 40.6 Å². The van der Waals surface area contributed by atoms with Crippen molar-refractivity contribution in [1.82, 2.24) is 19.9 Å². The van der Waals surface area contributed by atoms with Crippen LogP contribution < -0.4 is 10.1 Å². The molecule has 3 heterocycles. The van der Waals surface area contributed by atoms with Crippen molar-refractivity contribution in [3.05, 3.63) is 76.7 Å². The van der Waals surface area contributed by atoms with Gasteiger partial charge in [-0.2, -0.15) is 0 Å². The highest BCUT2D eigenvalue weighted by Gasteiger charge is 2.35. The topological polar surface area (TPSA) is 95.3 Å². The average Bonchev–Trinajstić information content (AvgIpc) is 3.52. The fourth-order valence-corrected chi connectivity index (χ4v) is 4.74. The summed E-state index contributed by atoms with van der Waals surface area (Å²) in [4.78, 5) is 25.6. The zero-order valence-electron chi connectivity index (χ0n) is 20.4. The SMILES string of the molecule is CC(C)COC(=O)N1CCc2c([nH]c3ccc(Cl)cc23)C1c1ccc(OCCNc2ncc[nH]2)cc1. The van der Waals surface area contributed by atoms with Gasteiger partial charge in [-0.25, -0.2) is 9.78 Å². The molecule has 0 saturated carbocycles. The van der Waals surface area contributed by atoms with E-state index in [1.165, 1.54) is 5.56 Å². The van der Waals surface area contributed by atoms with Crippen LogP contribution in [-0.4, -0.2) is 52.2 Å². The van der Waals surface area contributed by atoms with Crippen LogP contribution in [-0.2, 0) is 11.2 Å². The summed E-state index contributed by atoms with van der Waals surface area (Å²) in [5.41, 5.74) is 4.18. The van der Waals surface area contributed by atoms with Gasteiger partial charge in [0.25, 0.3) is 0 Å². The second-order valence-electron chi connectivity index (χ2n) is 9.31. The lowest BCUT2D eigenvalue weighted by atomic mass is 9.92. The lowest BCUT2D eigenvalue weighted by molar-refractivity contribution is 0.0797. The van der Waals surface area contributed by atoms with Gasteiger partial charge in [0.05, 0.1) is 13.2 Å². The van der Waals surface area contributed by atoms with Crippen molar-refractivity contribution in [3.8, 4) is 5.75 Å². The fourth-order valence-electron chi connectivity index (χ4n) is 4.57. The summed E-state index contributed by atoms with van der Waals surface area (Å²) in [6.45, 7) is 6.12. The molecular formula is C27H30ClN5O3. The quantitative estimate of drug-likeness (QED) is 0.263. The van der Waals surface area contributed by atoms with Gasteiger partial charge in [-0.3, -0.25) is 4.90 Å². The molecule has 1 unspecified atom stereocenters.